The molecule has 1 heterocycles. The van der Waals surface area contributed by atoms with E-state index in [9.17, 15) is 4.79 Å². The van der Waals surface area contributed by atoms with Crippen molar-refractivity contribution < 1.29 is 14.3 Å². The molecule has 3 N–H and O–H groups in total. The van der Waals surface area contributed by atoms with E-state index in [0.717, 1.165) is 23.5 Å². The Labute approximate surface area is 137 Å². The van der Waals surface area contributed by atoms with Crippen LogP contribution in [0.3, 0.4) is 0 Å². The van der Waals surface area contributed by atoms with Crippen molar-refractivity contribution in [3.8, 4) is 5.75 Å². The van der Waals surface area contributed by atoms with Gasteiger partial charge in [-0.3, -0.25) is 0 Å². The highest BCUT2D eigenvalue weighted by molar-refractivity contribution is 5.68. The zero-order valence-corrected chi connectivity index (χ0v) is 14.4. The fourth-order valence-corrected chi connectivity index (χ4v) is 2.48. The Morgan fingerprint density at radius 3 is 2.87 bits per heavy atom. The molecule has 0 aromatic heterocycles. The van der Waals surface area contributed by atoms with Gasteiger partial charge in [0.1, 0.15) is 18.0 Å². The van der Waals surface area contributed by atoms with Crippen LogP contribution in [0.5, 0.6) is 5.75 Å². The van der Waals surface area contributed by atoms with E-state index in [0.29, 0.717) is 19.6 Å². The second kappa shape index (κ2) is 7.08. The predicted molar refractivity (Wildman–Crippen MR) is 91.1 cm³/mol. The van der Waals surface area contributed by atoms with Crippen molar-refractivity contribution in [2.45, 2.75) is 38.8 Å². The summed E-state index contributed by atoms with van der Waals surface area (Å²) < 4.78 is 10.9. The minimum absolute atomic E-state index is 0.169. The summed E-state index contributed by atoms with van der Waals surface area (Å²) in [6, 6.07) is 5.91. The van der Waals surface area contributed by atoms with E-state index < -0.39 is 11.7 Å². The first-order chi connectivity index (χ1) is 10.8. The molecule has 1 amide bonds. The van der Waals surface area contributed by atoms with E-state index in [1.165, 1.54) is 0 Å². The highest BCUT2D eigenvalue weighted by Crippen LogP contribution is 2.31. The highest BCUT2D eigenvalue weighted by Gasteiger charge is 2.20. The average Bonchev–Trinajstić information content (AvgIpc) is 2.45. The maximum Gasteiger partial charge on any atom is 0.407 e. The molecule has 0 aliphatic carbocycles. The van der Waals surface area contributed by atoms with Gasteiger partial charge in [-0.25, -0.2) is 4.79 Å². The number of amides is 1. The number of nitrogens with two attached hydrogens (primary N) is 1. The highest BCUT2D eigenvalue weighted by atomic mass is 16.6. The van der Waals surface area contributed by atoms with Gasteiger partial charge in [0, 0.05) is 19.6 Å². The summed E-state index contributed by atoms with van der Waals surface area (Å²) in [5.41, 5.74) is 7.45. The first-order valence-electron chi connectivity index (χ1n) is 7.95. The molecule has 0 spiro atoms. The Morgan fingerprint density at radius 1 is 1.48 bits per heavy atom. The molecule has 128 valence electrons. The van der Waals surface area contributed by atoms with Crippen LogP contribution in [0.1, 0.15) is 26.3 Å². The quantitative estimate of drug-likeness (QED) is 0.886. The number of carbonyl (C=O) groups excluding carboxylic acids is 1. The maximum absolute atomic E-state index is 11.9. The largest absolute Gasteiger partial charge is 0.490 e. The summed E-state index contributed by atoms with van der Waals surface area (Å²) in [4.78, 5) is 14.1. The van der Waals surface area contributed by atoms with Crippen LogP contribution < -0.4 is 20.7 Å². The molecule has 1 aromatic carbocycles. The lowest BCUT2D eigenvalue weighted by Crippen LogP contribution is -2.44. The Balaban J connectivity index is 2.01. The zero-order chi connectivity index (χ0) is 17.0. The molecule has 6 nitrogen and oxygen atoms in total. The van der Waals surface area contributed by atoms with Gasteiger partial charge < -0.3 is 25.4 Å². The van der Waals surface area contributed by atoms with E-state index in [1.54, 1.807) is 0 Å². The number of fused-ring (bicyclic) bond motifs is 1. The molecule has 1 aromatic rings. The molecule has 0 saturated heterocycles. The molecule has 1 unspecified atom stereocenters. The number of nitrogens with zero attached hydrogens (tertiary/aromatic N) is 1. The molecule has 23 heavy (non-hydrogen) atoms. The summed E-state index contributed by atoms with van der Waals surface area (Å²) >= 11 is 0. The smallest absolute Gasteiger partial charge is 0.407 e. The van der Waals surface area contributed by atoms with E-state index in [-0.39, 0.29) is 6.04 Å². The SMILES string of the molecule is CN1CCOc2ccc(CC(CN)NC(=O)OC(C)(C)C)cc21. The summed E-state index contributed by atoms with van der Waals surface area (Å²) in [5.74, 6) is 0.895. The number of alkyl carbamates (subject to hydrolysis) is 1. The standard InChI is InChI=1S/C17H27N3O3/c1-17(2,3)23-16(21)19-13(11-18)9-12-5-6-15-14(10-12)20(4)7-8-22-15/h5-6,10,13H,7-9,11,18H2,1-4H3,(H,19,21). The van der Waals surface area contributed by atoms with Crippen molar-refractivity contribution >= 4 is 11.8 Å². The van der Waals surface area contributed by atoms with Crippen LogP contribution in [0, 0.1) is 0 Å². The minimum atomic E-state index is -0.519. The van der Waals surface area contributed by atoms with Crippen LogP contribution in [-0.2, 0) is 11.2 Å². The third kappa shape index (κ3) is 5.03. The lowest BCUT2D eigenvalue weighted by atomic mass is 10.0. The third-order valence-corrected chi connectivity index (χ3v) is 3.61. The lowest BCUT2D eigenvalue weighted by Gasteiger charge is -2.28. The molecular formula is C17H27N3O3. The number of anilines is 1. The summed E-state index contributed by atoms with van der Waals surface area (Å²) in [6.45, 7) is 7.43. The van der Waals surface area contributed by atoms with E-state index in [1.807, 2.05) is 40.0 Å². The van der Waals surface area contributed by atoms with E-state index >= 15 is 0 Å². The van der Waals surface area contributed by atoms with Gasteiger partial charge in [-0.1, -0.05) is 6.07 Å². The van der Waals surface area contributed by atoms with Gasteiger partial charge in [0.15, 0.2) is 0 Å². The summed E-state index contributed by atoms with van der Waals surface area (Å²) in [6.07, 6.45) is 0.211. The van der Waals surface area contributed by atoms with Crippen LogP contribution in [0.15, 0.2) is 18.2 Å². The van der Waals surface area contributed by atoms with Crippen LogP contribution in [0.4, 0.5) is 10.5 Å². The fraction of sp³-hybridized carbons (Fsp3) is 0.588. The molecule has 0 fully saturated rings. The van der Waals surface area contributed by atoms with Crippen molar-refractivity contribution in [2.24, 2.45) is 5.73 Å². The monoisotopic (exact) mass is 321 g/mol. The van der Waals surface area contributed by atoms with Gasteiger partial charge in [-0.2, -0.15) is 0 Å². The first kappa shape index (κ1) is 17.4. The van der Waals surface area contributed by atoms with Crippen molar-refractivity contribution in [3.63, 3.8) is 0 Å². The second-order valence-corrected chi connectivity index (χ2v) is 6.86. The average molecular weight is 321 g/mol. The van der Waals surface area contributed by atoms with Gasteiger partial charge in [0.05, 0.1) is 12.2 Å². The van der Waals surface area contributed by atoms with E-state index in [4.69, 9.17) is 15.2 Å². The number of benzene rings is 1. The normalized spacial score (nSPS) is 15.4. The Morgan fingerprint density at radius 2 is 2.22 bits per heavy atom. The van der Waals surface area contributed by atoms with Gasteiger partial charge in [0.25, 0.3) is 0 Å². The van der Waals surface area contributed by atoms with Crippen LogP contribution >= 0.6 is 0 Å². The third-order valence-electron chi connectivity index (χ3n) is 3.61. The maximum atomic E-state index is 11.9. The van der Waals surface area contributed by atoms with Crippen molar-refractivity contribution in [2.75, 3.05) is 31.6 Å². The number of ether oxygens (including phenoxy) is 2. The van der Waals surface area contributed by atoms with Crippen molar-refractivity contribution in [1.82, 2.24) is 5.32 Å². The summed E-state index contributed by atoms with van der Waals surface area (Å²) in [7, 11) is 2.05. The molecule has 0 bridgehead atoms. The zero-order valence-electron chi connectivity index (χ0n) is 14.4. The molecule has 0 radical (unpaired) electrons. The Hall–Kier alpha value is -1.95. The number of hydrogen-bond donors (Lipinski definition) is 2. The molecule has 1 aliphatic heterocycles. The van der Waals surface area contributed by atoms with Gasteiger partial charge in [-0.05, 0) is 44.9 Å². The Bertz CT molecular complexity index is 555. The molecule has 1 aliphatic rings. The molecule has 2 rings (SSSR count). The number of hydrogen-bond acceptors (Lipinski definition) is 5. The molecule has 6 heteroatoms. The van der Waals surface area contributed by atoms with Crippen LogP contribution in [0.2, 0.25) is 0 Å². The number of likely N-dealkylation sites (N-methyl/N-ethyl adjacent to an activating group) is 1. The molecule has 0 saturated carbocycles. The predicted octanol–water partition coefficient (Wildman–Crippen LogP) is 1.91. The molecular weight excluding hydrogens is 294 g/mol. The van der Waals surface area contributed by atoms with Crippen molar-refractivity contribution in [3.05, 3.63) is 23.8 Å². The van der Waals surface area contributed by atoms with Gasteiger partial charge in [0.2, 0.25) is 0 Å². The lowest BCUT2D eigenvalue weighted by molar-refractivity contribution is 0.0506. The molecule has 1 atom stereocenters. The topological polar surface area (TPSA) is 76.8 Å². The van der Waals surface area contributed by atoms with Gasteiger partial charge in [-0.15, -0.1) is 0 Å². The van der Waals surface area contributed by atoms with Crippen molar-refractivity contribution in [1.29, 1.82) is 0 Å². The fourth-order valence-electron chi connectivity index (χ4n) is 2.48. The Kier molecular flexibility index (Phi) is 5.36. The van der Waals surface area contributed by atoms with E-state index in [2.05, 4.69) is 16.3 Å². The minimum Gasteiger partial charge on any atom is -0.490 e. The van der Waals surface area contributed by atoms with Gasteiger partial charge >= 0.3 is 6.09 Å². The first-order valence-corrected chi connectivity index (χ1v) is 7.95. The summed E-state index contributed by atoms with van der Waals surface area (Å²) in [5, 5.41) is 2.83. The number of rotatable bonds is 4. The second-order valence-electron chi connectivity index (χ2n) is 6.86. The van der Waals surface area contributed by atoms with Crippen LogP contribution in [-0.4, -0.2) is 44.5 Å². The van der Waals surface area contributed by atoms with Crippen LogP contribution in [0.25, 0.3) is 0 Å². The number of nitrogens with one attached hydrogen (secondary N) is 1. The number of carbonyl (C=O) groups is 1.